The number of hydrogen-bond donors (Lipinski definition) is 0. The average Bonchev–Trinajstić information content (AvgIpc) is 3.37. The van der Waals surface area contributed by atoms with Crippen LogP contribution in [-0.2, 0) is 33.3 Å². The molecule has 0 saturated carbocycles. The maximum Gasteiger partial charge on any atom is 0.306 e. The lowest BCUT2D eigenvalue weighted by molar-refractivity contribution is -0.870. The molecule has 0 heterocycles. The minimum Gasteiger partial charge on any atom is -0.545 e. The zero-order valence-corrected chi connectivity index (χ0v) is 47.7. The number of rotatable bonds is 52. The van der Waals surface area contributed by atoms with E-state index < -0.39 is 24.3 Å². The second-order valence-electron chi connectivity index (χ2n) is 20.2. The first kappa shape index (κ1) is 69.7. The predicted molar refractivity (Wildman–Crippen MR) is 310 cm³/mol. The van der Waals surface area contributed by atoms with Gasteiger partial charge in [-0.3, -0.25) is 9.59 Å². The summed E-state index contributed by atoms with van der Waals surface area (Å²) in [6.07, 6.45) is 73.9. The van der Waals surface area contributed by atoms with E-state index in [1.54, 1.807) is 0 Å². The second-order valence-corrected chi connectivity index (χ2v) is 20.2. The molecular formula is C65H107NO8. The van der Waals surface area contributed by atoms with Gasteiger partial charge in [-0.1, -0.05) is 212 Å². The zero-order valence-electron chi connectivity index (χ0n) is 47.7. The fourth-order valence-corrected chi connectivity index (χ4v) is 7.46. The first-order valence-electron chi connectivity index (χ1n) is 29.2. The maximum atomic E-state index is 12.9. The van der Waals surface area contributed by atoms with Crippen molar-refractivity contribution in [3.63, 3.8) is 0 Å². The van der Waals surface area contributed by atoms with Crippen LogP contribution in [0.5, 0.6) is 0 Å². The number of carboxylic acids is 1. The van der Waals surface area contributed by atoms with Crippen LogP contribution in [0.4, 0.5) is 0 Å². The first-order chi connectivity index (χ1) is 36.1. The topological polar surface area (TPSA) is 111 Å². The molecule has 0 aliphatic carbocycles. The SMILES string of the molecule is CC/C=C\C/C=C\C/C=C\C/C=C\C/C=C\C/C=C\C/C=C\C/C=C\CCCCCCCCCCC(=O)OC(COC(=O)CCCCCCC/C=C\C/C=C\CCCCCC)COC(OCC[N+](C)(C)C)C(=O)[O-]. The molecule has 0 radical (unpaired) electrons. The smallest absolute Gasteiger partial charge is 0.306 e. The highest BCUT2D eigenvalue weighted by molar-refractivity contribution is 5.70. The Morgan fingerprint density at radius 3 is 1.15 bits per heavy atom. The third-order valence-corrected chi connectivity index (χ3v) is 11.9. The van der Waals surface area contributed by atoms with Gasteiger partial charge in [-0.05, 0) is 109 Å². The summed E-state index contributed by atoms with van der Waals surface area (Å²) >= 11 is 0. The molecule has 0 amide bonds. The fourth-order valence-electron chi connectivity index (χ4n) is 7.46. The van der Waals surface area contributed by atoms with Crippen LogP contribution in [-0.4, -0.2) is 82.3 Å². The highest BCUT2D eigenvalue weighted by atomic mass is 16.7. The van der Waals surface area contributed by atoms with Gasteiger partial charge in [0.2, 0.25) is 0 Å². The molecule has 420 valence electrons. The lowest BCUT2D eigenvalue weighted by Gasteiger charge is -2.26. The van der Waals surface area contributed by atoms with Crippen LogP contribution < -0.4 is 5.11 Å². The van der Waals surface area contributed by atoms with Crippen molar-refractivity contribution in [2.75, 3.05) is 47.5 Å². The number of unbranched alkanes of at least 4 members (excludes halogenated alkanes) is 17. The molecule has 0 spiro atoms. The Morgan fingerprint density at radius 1 is 0.419 bits per heavy atom. The molecule has 0 aromatic carbocycles. The summed E-state index contributed by atoms with van der Waals surface area (Å²) in [5.41, 5.74) is 0. The molecule has 0 bridgehead atoms. The van der Waals surface area contributed by atoms with Crippen molar-refractivity contribution in [1.29, 1.82) is 0 Å². The molecule has 0 fully saturated rings. The van der Waals surface area contributed by atoms with E-state index in [1.807, 2.05) is 21.1 Å². The number of carbonyl (C=O) groups excluding carboxylic acids is 3. The number of aliphatic carboxylic acids is 1. The fraction of sp³-hybridized carbons (Fsp3) is 0.646. The van der Waals surface area contributed by atoms with E-state index in [1.165, 1.54) is 57.8 Å². The molecule has 74 heavy (non-hydrogen) atoms. The van der Waals surface area contributed by atoms with Gasteiger partial charge in [-0.2, -0.15) is 0 Å². The summed E-state index contributed by atoms with van der Waals surface area (Å²) in [7, 11) is 5.90. The van der Waals surface area contributed by atoms with Crippen LogP contribution in [0.15, 0.2) is 122 Å². The van der Waals surface area contributed by atoms with Gasteiger partial charge in [0.15, 0.2) is 12.4 Å². The Bertz CT molecular complexity index is 1620. The van der Waals surface area contributed by atoms with Crippen LogP contribution >= 0.6 is 0 Å². The number of likely N-dealkylation sites (N-methyl/N-ethyl adjacent to an activating group) is 1. The van der Waals surface area contributed by atoms with Gasteiger partial charge in [0.25, 0.3) is 0 Å². The molecule has 0 aromatic rings. The largest absolute Gasteiger partial charge is 0.545 e. The quantitative estimate of drug-likeness (QED) is 0.0195. The van der Waals surface area contributed by atoms with Crippen LogP contribution in [0.25, 0.3) is 0 Å². The number of carboxylic acid groups (broad SMARTS) is 1. The van der Waals surface area contributed by atoms with E-state index in [4.69, 9.17) is 18.9 Å². The number of quaternary nitrogens is 1. The van der Waals surface area contributed by atoms with Crippen LogP contribution in [0, 0.1) is 0 Å². The Hall–Kier alpha value is -4.31. The van der Waals surface area contributed by atoms with Crippen molar-refractivity contribution < 1.29 is 42.9 Å². The second kappa shape index (κ2) is 54.9. The van der Waals surface area contributed by atoms with Gasteiger partial charge >= 0.3 is 11.9 Å². The normalized spacial score (nSPS) is 13.7. The van der Waals surface area contributed by atoms with Crippen molar-refractivity contribution in [3.05, 3.63) is 122 Å². The molecule has 9 heteroatoms. The molecule has 9 nitrogen and oxygen atoms in total. The van der Waals surface area contributed by atoms with Gasteiger partial charge in [-0.15, -0.1) is 0 Å². The van der Waals surface area contributed by atoms with E-state index in [9.17, 15) is 19.5 Å². The van der Waals surface area contributed by atoms with Crippen molar-refractivity contribution in [3.8, 4) is 0 Å². The Kier molecular flexibility index (Phi) is 51.7. The van der Waals surface area contributed by atoms with Crippen LogP contribution in [0.2, 0.25) is 0 Å². The minimum absolute atomic E-state index is 0.137. The highest BCUT2D eigenvalue weighted by Crippen LogP contribution is 2.14. The lowest BCUT2D eigenvalue weighted by Crippen LogP contribution is -2.44. The van der Waals surface area contributed by atoms with E-state index >= 15 is 0 Å². The molecule has 2 atom stereocenters. The van der Waals surface area contributed by atoms with E-state index in [-0.39, 0.29) is 38.6 Å². The Balaban J connectivity index is 4.27. The number of ether oxygens (including phenoxy) is 4. The number of hydrogen-bond acceptors (Lipinski definition) is 8. The van der Waals surface area contributed by atoms with Crippen molar-refractivity contribution in [2.24, 2.45) is 0 Å². The number of nitrogens with zero attached hydrogens (tertiary/aromatic N) is 1. The first-order valence-corrected chi connectivity index (χ1v) is 29.2. The van der Waals surface area contributed by atoms with Gasteiger partial charge in [0.05, 0.1) is 40.3 Å². The molecule has 0 aromatic heterocycles. The van der Waals surface area contributed by atoms with Gasteiger partial charge < -0.3 is 33.3 Å². The third kappa shape index (κ3) is 55.4. The van der Waals surface area contributed by atoms with Gasteiger partial charge in [-0.25, -0.2) is 0 Å². The molecule has 0 N–H and O–H groups in total. The number of carbonyl (C=O) groups is 3. The summed E-state index contributed by atoms with van der Waals surface area (Å²) in [6.45, 7) is 4.57. The van der Waals surface area contributed by atoms with Crippen LogP contribution in [0.3, 0.4) is 0 Å². The summed E-state index contributed by atoms with van der Waals surface area (Å²) < 4.78 is 22.6. The summed E-state index contributed by atoms with van der Waals surface area (Å²) in [5.74, 6) is -2.33. The van der Waals surface area contributed by atoms with E-state index in [0.29, 0.717) is 23.9 Å². The molecule has 0 saturated heterocycles. The standard InChI is InChI=1S/C65H107NO8/c1-6-8-10-12-14-16-18-20-22-24-25-26-27-28-29-30-31-32-33-34-35-36-37-38-39-40-42-44-46-48-50-52-54-56-63(68)74-61(60-73-65(64(69)70)71-58-57-66(3,4)5)59-72-62(67)55-53-51-49-47-45-43-41-23-21-19-17-15-13-11-9-7-2/h8,10,14,16-17,19-20,22-23,25-26,28-29,31-32,34-35,37-38,41,61,65H,6-7,9,11-13,15,18,21,24,27,30,33,36,39-40,42-60H2,1-5H3/b10-8-,16-14-,19-17-,22-20-,26-25-,29-28-,32-31-,35-34-,38-37-,41-23-. The van der Waals surface area contributed by atoms with E-state index in [0.717, 1.165) is 116 Å². The van der Waals surface area contributed by atoms with Gasteiger partial charge in [0.1, 0.15) is 13.2 Å². The van der Waals surface area contributed by atoms with Crippen molar-refractivity contribution in [2.45, 2.75) is 225 Å². The maximum absolute atomic E-state index is 12.9. The summed E-state index contributed by atoms with van der Waals surface area (Å²) in [6, 6.07) is 0. The average molecular weight is 1030 g/mol. The number of allylic oxidation sites excluding steroid dienone is 20. The molecule has 0 rings (SSSR count). The molecular weight excluding hydrogens is 923 g/mol. The Morgan fingerprint density at radius 2 is 0.770 bits per heavy atom. The van der Waals surface area contributed by atoms with Crippen molar-refractivity contribution >= 4 is 17.9 Å². The monoisotopic (exact) mass is 1030 g/mol. The summed E-state index contributed by atoms with van der Waals surface area (Å²) in [5, 5.41) is 11.8. The van der Waals surface area contributed by atoms with E-state index in [2.05, 4.69) is 135 Å². The predicted octanol–water partition coefficient (Wildman–Crippen LogP) is 16.0. The zero-order chi connectivity index (χ0) is 54.1. The highest BCUT2D eigenvalue weighted by Gasteiger charge is 2.22. The summed E-state index contributed by atoms with van der Waals surface area (Å²) in [4.78, 5) is 37.3. The number of esters is 2. The Labute approximate surface area is 453 Å². The van der Waals surface area contributed by atoms with Gasteiger partial charge in [0, 0.05) is 12.8 Å². The lowest BCUT2D eigenvalue weighted by atomic mass is 10.1. The minimum atomic E-state index is -1.63. The van der Waals surface area contributed by atoms with Crippen LogP contribution in [0.1, 0.15) is 213 Å². The molecule has 0 aliphatic rings. The third-order valence-electron chi connectivity index (χ3n) is 11.9. The molecule has 0 aliphatic heterocycles. The molecule has 2 unspecified atom stereocenters. The van der Waals surface area contributed by atoms with Crippen molar-refractivity contribution in [1.82, 2.24) is 0 Å².